The number of hydrogen-bond donors (Lipinski definition) is 2. The van der Waals surface area contributed by atoms with Gasteiger partial charge >= 0.3 is 0 Å². The number of aryl methyl sites for hydroxylation is 2. The van der Waals surface area contributed by atoms with E-state index in [1.165, 1.54) is 16.2 Å². The molecule has 0 radical (unpaired) electrons. The maximum Gasteiger partial charge on any atom is 0.273 e. The fourth-order valence-corrected chi connectivity index (χ4v) is 4.74. The predicted molar refractivity (Wildman–Crippen MR) is 97.5 cm³/mol. The lowest BCUT2D eigenvalue weighted by atomic mass is 9.95. The van der Waals surface area contributed by atoms with Gasteiger partial charge in [0.05, 0.1) is 17.3 Å². The summed E-state index contributed by atoms with van der Waals surface area (Å²) in [5.41, 5.74) is 3.75. The van der Waals surface area contributed by atoms with Crippen molar-refractivity contribution < 1.29 is 14.0 Å². The van der Waals surface area contributed by atoms with Crippen molar-refractivity contribution >= 4 is 39.3 Å². The van der Waals surface area contributed by atoms with Crippen molar-refractivity contribution in [2.45, 2.75) is 25.7 Å². The molecule has 0 aromatic carbocycles. The molecule has 0 spiro atoms. The number of amides is 2. The van der Waals surface area contributed by atoms with Gasteiger partial charge in [0.15, 0.2) is 5.58 Å². The van der Waals surface area contributed by atoms with Crippen LogP contribution in [-0.4, -0.2) is 23.4 Å². The fraction of sp³-hybridized carbons (Fsp3) is 0.333. The van der Waals surface area contributed by atoms with E-state index in [0.717, 1.165) is 36.8 Å². The van der Waals surface area contributed by atoms with E-state index in [0.29, 0.717) is 21.8 Å². The van der Waals surface area contributed by atoms with Crippen LogP contribution in [-0.2, 0) is 19.9 Å². The molecule has 2 N–H and O–H groups in total. The molecule has 0 saturated carbocycles. The molecule has 6 nitrogen and oxygen atoms in total. The lowest BCUT2D eigenvalue weighted by Crippen LogP contribution is -2.22. The Hall–Kier alpha value is -2.54. The van der Waals surface area contributed by atoms with Crippen LogP contribution in [0.25, 0.3) is 11.1 Å². The summed E-state index contributed by atoms with van der Waals surface area (Å²) in [6, 6.07) is 3.55. The smallest absolute Gasteiger partial charge is 0.273 e. The molecule has 0 saturated heterocycles. The van der Waals surface area contributed by atoms with Crippen LogP contribution in [0.2, 0.25) is 0 Å². The Balaban J connectivity index is 1.71. The van der Waals surface area contributed by atoms with Gasteiger partial charge in [-0.05, 0) is 31.2 Å². The van der Waals surface area contributed by atoms with Crippen LogP contribution in [0, 0.1) is 0 Å². The van der Waals surface area contributed by atoms with E-state index in [1.807, 2.05) is 13.1 Å². The summed E-state index contributed by atoms with van der Waals surface area (Å²) in [5.74, 6) is -0.381. The van der Waals surface area contributed by atoms with Crippen LogP contribution >= 0.6 is 11.3 Å². The molecule has 1 aliphatic carbocycles. The number of aromatic nitrogens is 1. The van der Waals surface area contributed by atoms with Crippen LogP contribution in [0.4, 0.5) is 5.00 Å². The highest BCUT2D eigenvalue weighted by molar-refractivity contribution is 7.17. The third-order valence-corrected chi connectivity index (χ3v) is 5.96. The minimum atomic E-state index is -0.238. The van der Waals surface area contributed by atoms with Crippen molar-refractivity contribution in [2.75, 3.05) is 12.4 Å². The average Bonchev–Trinajstić information content (AvgIpc) is 3.28. The SMILES string of the molecule is CNC(=O)c1c(NC(=O)c2cc3occc3n2C)sc2c1CCCC2. The molecule has 0 aliphatic heterocycles. The number of hydrogen-bond acceptors (Lipinski definition) is 4. The molecule has 0 bridgehead atoms. The number of fused-ring (bicyclic) bond motifs is 2. The molecule has 3 heterocycles. The molecule has 7 heteroatoms. The highest BCUT2D eigenvalue weighted by atomic mass is 32.1. The standard InChI is InChI=1S/C18H19N3O3S/c1-19-17(23)15-10-5-3-4-6-14(10)25-18(15)20-16(22)12-9-13-11(21(12)2)7-8-24-13/h7-9H,3-6H2,1-2H3,(H,19,23)(H,20,22). The molecule has 0 fully saturated rings. The number of rotatable bonds is 3. The largest absolute Gasteiger partial charge is 0.463 e. The van der Waals surface area contributed by atoms with Crippen molar-refractivity contribution in [3.63, 3.8) is 0 Å². The summed E-state index contributed by atoms with van der Waals surface area (Å²) in [6.45, 7) is 0. The first-order valence-electron chi connectivity index (χ1n) is 8.31. The van der Waals surface area contributed by atoms with Crippen LogP contribution in [0.1, 0.15) is 44.1 Å². The molecule has 25 heavy (non-hydrogen) atoms. The molecular weight excluding hydrogens is 338 g/mol. The van der Waals surface area contributed by atoms with Crippen molar-refractivity contribution in [1.29, 1.82) is 0 Å². The van der Waals surface area contributed by atoms with Gasteiger partial charge in [0.1, 0.15) is 10.7 Å². The highest BCUT2D eigenvalue weighted by Crippen LogP contribution is 2.38. The summed E-state index contributed by atoms with van der Waals surface area (Å²) < 4.78 is 7.16. The van der Waals surface area contributed by atoms with Crippen LogP contribution < -0.4 is 10.6 Å². The maximum atomic E-state index is 12.8. The second kappa shape index (κ2) is 6.07. The van der Waals surface area contributed by atoms with Crippen molar-refractivity contribution in [3.8, 4) is 0 Å². The van der Waals surface area contributed by atoms with E-state index >= 15 is 0 Å². The zero-order valence-corrected chi connectivity index (χ0v) is 15.0. The van der Waals surface area contributed by atoms with Gasteiger partial charge in [-0.3, -0.25) is 9.59 Å². The van der Waals surface area contributed by atoms with E-state index in [9.17, 15) is 9.59 Å². The lowest BCUT2D eigenvalue weighted by molar-refractivity contribution is 0.0963. The van der Waals surface area contributed by atoms with E-state index in [4.69, 9.17) is 4.42 Å². The third kappa shape index (κ3) is 2.55. The van der Waals surface area contributed by atoms with Crippen LogP contribution in [0.3, 0.4) is 0 Å². The second-order valence-electron chi connectivity index (χ2n) is 6.21. The molecule has 0 atom stereocenters. The van der Waals surface area contributed by atoms with Gasteiger partial charge in [-0.25, -0.2) is 0 Å². The van der Waals surface area contributed by atoms with E-state index in [-0.39, 0.29) is 11.8 Å². The molecule has 1 aliphatic rings. The summed E-state index contributed by atoms with van der Waals surface area (Å²) in [7, 11) is 3.44. The topological polar surface area (TPSA) is 76.3 Å². The number of thiophene rings is 1. The Labute approximate surface area is 148 Å². The Morgan fingerprint density at radius 1 is 1.24 bits per heavy atom. The summed E-state index contributed by atoms with van der Waals surface area (Å²) in [6.07, 6.45) is 5.67. The Morgan fingerprint density at radius 2 is 2.04 bits per heavy atom. The molecule has 130 valence electrons. The van der Waals surface area contributed by atoms with Crippen LogP contribution in [0.5, 0.6) is 0 Å². The molecule has 4 rings (SSSR count). The average molecular weight is 357 g/mol. The fourth-order valence-electron chi connectivity index (χ4n) is 3.45. The number of nitrogens with one attached hydrogen (secondary N) is 2. The van der Waals surface area contributed by atoms with Crippen molar-refractivity contribution in [3.05, 3.63) is 40.1 Å². The molecular formula is C18H19N3O3S. The first-order valence-corrected chi connectivity index (χ1v) is 9.12. The van der Waals surface area contributed by atoms with Gasteiger partial charge in [-0.15, -0.1) is 11.3 Å². The first kappa shape index (κ1) is 16.0. The van der Waals surface area contributed by atoms with Gasteiger partial charge in [0, 0.05) is 31.1 Å². The summed E-state index contributed by atoms with van der Waals surface area (Å²) in [4.78, 5) is 26.4. The summed E-state index contributed by atoms with van der Waals surface area (Å²) >= 11 is 1.52. The number of furan rings is 1. The Morgan fingerprint density at radius 3 is 2.80 bits per heavy atom. The third-order valence-electron chi connectivity index (χ3n) is 4.75. The Kier molecular flexibility index (Phi) is 3.88. The van der Waals surface area contributed by atoms with E-state index in [2.05, 4.69) is 10.6 Å². The number of anilines is 1. The normalized spacial score (nSPS) is 13.7. The van der Waals surface area contributed by atoms with Gasteiger partial charge in [0.2, 0.25) is 0 Å². The molecule has 2 amide bonds. The number of carbonyl (C=O) groups excluding carboxylic acids is 2. The predicted octanol–water partition coefficient (Wildman–Crippen LogP) is 3.32. The summed E-state index contributed by atoms with van der Waals surface area (Å²) in [5, 5.41) is 6.28. The zero-order valence-electron chi connectivity index (χ0n) is 14.1. The first-order chi connectivity index (χ1) is 12.1. The van der Waals surface area contributed by atoms with E-state index < -0.39 is 0 Å². The minimum Gasteiger partial charge on any atom is -0.463 e. The van der Waals surface area contributed by atoms with Crippen molar-refractivity contribution in [2.24, 2.45) is 7.05 Å². The lowest BCUT2D eigenvalue weighted by Gasteiger charge is -2.12. The number of carbonyl (C=O) groups is 2. The van der Waals surface area contributed by atoms with Crippen LogP contribution in [0.15, 0.2) is 22.8 Å². The van der Waals surface area contributed by atoms with Gasteiger partial charge in [-0.2, -0.15) is 0 Å². The quantitative estimate of drug-likeness (QED) is 0.755. The van der Waals surface area contributed by atoms with Gasteiger partial charge in [-0.1, -0.05) is 0 Å². The molecule has 3 aromatic rings. The monoisotopic (exact) mass is 357 g/mol. The number of nitrogens with zero attached hydrogens (tertiary/aromatic N) is 1. The molecule has 3 aromatic heterocycles. The van der Waals surface area contributed by atoms with Gasteiger partial charge < -0.3 is 19.6 Å². The maximum absolute atomic E-state index is 12.8. The zero-order chi connectivity index (χ0) is 17.6. The molecule has 0 unspecified atom stereocenters. The van der Waals surface area contributed by atoms with Crippen molar-refractivity contribution in [1.82, 2.24) is 9.88 Å². The second-order valence-corrected chi connectivity index (χ2v) is 7.31. The Bertz CT molecular complexity index is 979. The highest BCUT2D eigenvalue weighted by Gasteiger charge is 2.26. The minimum absolute atomic E-state index is 0.143. The van der Waals surface area contributed by atoms with E-state index in [1.54, 1.807) is 23.9 Å². The van der Waals surface area contributed by atoms with Gasteiger partial charge in [0.25, 0.3) is 11.8 Å².